The predicted octanol–water partition coefficient (Wildman–Crippen LogP) is -2.78. The summed E-state index contributed by atoms with van der Waals surface area (Å²) in [7, 11) is 0. The molecule has 10 N–H and O–H groups in total. The Morgan fingerprint density at radius 1 is 1.07 bits per heavy atom. The van der Waals surface area contributed by atoms with Gasteiger partial charge in [-0.15, -0.1) is 0 Å². The monoisotopic (exact) mass is 465 g/mol. The first-order chi connectivity index (χ1) is 14.1. The highest BCUT2D eigenvalue weighted by molar-refractivity contribution is 7.98. The van der Waals surface area contributed by atoms with Crippen LogP contribution in [0, 0.1) is 0 Å². The molecule has 0 saturated heterocycles. The van der Waals surface area contributed by atoms with Crippen LogP contribution in [0.4, 0.5) is 0 Å². The van der Waals surface area contributed by atoms with Gasteiger partial charge in [-0.05, 0) is 31.3 Å². The summed E-state index contributed by atoms with van der Waals surface area (Å²) in [6, 6.07) is -2.83. The van der Waals surface area contributed by atoms with Crippen molar-refractivity contribution in [1.82, 2.24) is 16.0 Å². The molecule has 3 amide bonds. The molecule has 0 spiro atoms. The molecule has 0 aromatic rings. The van der Waals surface area contributed by atoms with Gasteiger partial charge in [-0.25, -0.2) is 0 Å². The Bertz CT molecular complexity index is 617. The van der Waals surface area contributed by atoms with Gasteiger partial charge in [-0.3, -0.25) is 24.2 Å². The fraction of sp³-hybridized carbons (Fsp3) is 0.688. The molecule has 0 saturated carbocycles. The van der Waals surface area contributed by atoms with Gasteiger partial charge in [0.25, 0.3) is 0 Å². The third kappa shape index (κ3) is 12.4. The lowest BCUT2D eigenvalue weighted by atomic mass is 10.1. The zero-order valence-corrected chi connectivity index (χ0v) is 18.5. The Morgan fingerprint density at radius 3 is 2.23 bits per heavy atom. The second kappa shape index (κ2) is 15.6. The number of nitrogens with two attached hydrogens (primary N) is 3. The van der Waals surface area contributed by atoms with E-state index in [1.165, 1.54) is 11.8 Å². The number of aliphatic imine (C=N–C) groups is 1. The molecule has 0 fully saturated rings. The number of thioether (sulfide) groups is 1. The van der Waals surface area contributed by atoms with E-state index in [9.17, 15) is 19.2 Å². The van der Waals surface area contributed by atoms with Gasteiger partial charge in [0.1, 0.15) is 18.6 Å². The molecular formula is C16H31N7O5S2. The second-order valence-corrected chi connectivity index (χ2v) is 7.60. The van der Waals surface area contributed by atoms with Crippen LogP contribution in [-0.2, 0) is 19.2 Å². The highest BCUT2D eigenvalue weighted by Gasteiger charge is 2.27. The van der Waals surface area contributed by atoms with Crippen LogP contribution < -0.4 is 33.2 Å². The van der Waals surface area contributed by atoms with Crippen molar-refractivity contribution in [2.75, 3.05) is 30.9 Å². The average Bonchev–Trinajstić information content (AvgIpc) is 2.69. The van der Waals surface area contributed by atoms with E-state index in [-0.39, 0.29) is 11.7 Å². The van der Waals surface area contributed by atoms with E-state index in [0.717, 1.165) is 0 Å². The Balaban J connectivity index is 4.87. The minimum absolute atomic E-state index is 0.0482. The van der Waals surface area contributed by atoms with Crippen LogP contribution in [0.1, 0.15) is 19.3 Å². The maximum atomic E-state index is 12.6. The molecule has 0 aliphatic carbocycles. The van der Waals surface area contributed by atoms with Crippen molar-refractivity contribution in [1.29, 1.82) is 0 Å². The van der Waals surface area contributed by atoms with E-state index in [1.54, 1.807) is 0 Å². The van der Waals surface area contributed by atoms with Gasteiger partial charge in [0.2, 0.25) is 17.7 Å². The number of guanidine groups is 1. The summed E-state index contributed by atoms with van der Waals surface area (Å²) in [4.78, 5) is 51.3. The number of carbonyl (C=O) groups is 4. The Hall–Kier alpha value is -2.19. The lowest BCUT2D eigenvalue weighted by molar-refractivity contribution is -0.138. The number of hydrogen-bond donors (Lipinski definition) is 8. The van der Waals surface area contributed by atoms with Crippen molar-refractivity contribution >= 4 is 54.0 Å². The molecule has 172 valence electrons. The van der Waals surface area contributed by atoms with Gasteiger partial charge in [0, 0.05) is 12.3 Å². The molecule has 30 heavy (non-hydrogen) atoms. The summed E-state index contributed by atoms with van der Waals surface area (Å²) in [6.45, 7) is -0.255. The average molecular weight is 466 g/mol. The standard InChI is InChI=1S/C16H31N7O5S2/c1-30-6-4-10(22-13(26)9(17)3-2-5-20-16(18)19)15(28)23-11(8-29)14(27)21-7-12(24)25/h9-11,29H,2-8,17H2,1H3,(H,21,27)(H,22,26)(H,23,28)(H,24,25)(H4,18,19,20). The van der Waals surface area contributed by atoms with Crippen LogP contribution in [0.5, 0.6) is 0 Å². The van der Waals surface area contributed by atoms with Gasteiger partial charge in [-0.1, -0.05) is 0 Å². The number of hydrogen-bond acceptors (Lipinski definition) is 8. The number of thiol groups is 1. The molecule has 0 heterocycles. The highest BCUT2D eigenvalue weighted by Crippen LogP contribution is 2.04. The molecule has 0 aromatic heterocycles. The predicted molar refractivity (Wildman–Crippen MR) is 119 cm³/mol. The number of nitrogens with one attached hydrogen (secondary N) is 3. The molecule has 14 heteroatoms. The van der Waals surface area contributed by atoms with Gasteiger partial charge in [-0.2, -0.15) is 24.4 Å². The molecule has 0 rings (SSSR count). The molecule has 0 bridgehead atoms. The van der Waals surface area contributed by atoms with Crippen LogP contribution in [-0.4, -0.2) is 83.7 Å². The maximum absolute atomic E-state index is 12.6. The largest absolute Gasteiger partial charge is 0.480 e. The summed E-state index contributed by atoms with van der Waals surface area (Å²) < 4.78 is 0. The number of carboxylic acid groups (broad SMARTS) is 1. The lowest BCUT2D eigenvalue weighted by Crippen LogP contribution is -2.56. The highest BCUT2D eigenvalue weighted by atomic mass is 32.2. The van der Waals surface area contributed by atoms with Crippen LogP contribution in [0.2, 0.25) is 0 Å². The third-order valence-electron chi connectivity index (χ3n) is 3.78. The lowest BCUT2D eigenvalue weighted by Gasteiger charge is -2.23. The van der Waals surface area contributed by atoms with Gasteiger partial charge >= 0.3 is 5.97 Å². The Kier molecular flexibility index (Phi) is 14.5. The molecule has 3 atom stereocenters. The van der Waals surface area contributed by atoms with E-state index in [1.807, 2.05) is 6.26 Å². The summed E-state index contributed by atoms with van der Waals surface area (Å²) in [6.07, 6.45) is 2.97. The number of aliphatic carboxylic acids is 1. The SMILES string of the molecule is CSCCC(NC(=O)C(N)CCCN=C(N)N)C(=O)NC(CS)C(=O)NCC(=O)O. The number of nitrogens with zero attached hydrogens (tertiary/aromatic N) is 1. The van der Waals surface area contributed by atoms with E-state index in [4.69, 9.17) is 22.3 Å². The fourth-order valence-electron chi connectivity index (χ4n) is 2.19. The number of carbonyl (C=O) groups excluding carboxylic acids is 3. The number of carboxylic acids is 1. The quantitative estimate of drug-likeness (QED) is 0.0542. The van der Waals surface area contributed by atoms with Crippen molar-refractivity contribution in [2.24, 2.45) is 22.2 Å². The van der Waals surface area contributed by atoms with E-state index < -0.39 is 48.4 Å². The molecule has 0 aromatic carbocycles. The second-order valence-electron chi connectivity index (χ2n) is 6.25. The topological polar surface area (TPSA) is 215 Å². The first-order valence-corrected chi connectivity index (χ1v) is 11.2. The maximum Gasteiger partial charge on any atom is 0.322 e. The van der Waals surface area contributed by atoms with E-state index in [2.05, 4.69) is 33.6 Å². The van der Waals surface area contributed by atoms with Gasteiger partial charge < -0.3 is 38.3 Å². The van der Waals surface area contributed by atoms with E-state index in [0.29, 0.717) is 31.6 Å². The van der Waals surface area contributed by atoms with Gasteiger partial charge in [0.15, 0.2) is 5.96 Å². The van der Waals surface area contributed by atoms with Crippen molar-refractivity contribution in [2.45, 2.75) is 37.4 Å². The van der Waals surface area contributed by atoms with Crippen molar-refractivity contribution < 1.29 is 24.3 Å². The third-order valence-corrected chi connectivity index (χ3v) is 4.79. The minimum Gasteiger partial charge on any atom is -0.480 e. The fourth-order valence-corrected chi connectivity index (χ4v) is 2.91. The van der Waals surface area contributed by atoms with E-state index >= 15 is 0 Å². The van der Waals surface area contributed by atoms with Crippen molar-refractivity contribution in [3.63, 3.8) is 0 Å². The Morgan fingerprint density at radius 2 is 1.70 bits per heavy atom. The van der Waals surface area contributed by atoms with Crippen molar-refractivity contribution in [3.8, 4) is 0 Å². The molecule has 12 nitrogen and oxygen atoms in total. The molecule has 0 aliphatic heterocycles. The zero-order chi connectivity index (χ0) is 23.1. The molecule has 0 radical (unpaired) electrons. The van der Waals surface area contributed by atoms with Crippen LogP contribution in [0.25, 0.3) is 0 Å². The Labute approximate surface area is 184 Å². The van der Waals surface area contributed by atoms with Crippen molar-refractivity contribution in [3.05, 3.63) is 0 Å². The smallest absolute Gasteiger partial charge is 0.322 e. The summed E-state index contributed by atoms with van der Waals surface area (Å²) in [5.74, 6) is -2.53. The summed E-state index contributed by atoms with van der Waals surface area (Å²) >= 11 is 5.50. The number of rotatable bonds is 15. The number of amides is 3. The first-order valence-electron chi connectivity index (χ1n) is 9.13. The van der Waals surface area contributed by atoms with Crippen LogP contribution >= 0.6 is 24.4 Å². The molecule has 3 unspecified atom stereocenters. The van der Waals surface area contributed by atoms with Crippen LogP contribution in [0.3, 0.4) is 0 Å². The first kappa shape index (κ1) is 27.8. The van der Waals surface area contributed by atoms with Crippen LogP contribution in [0.15, 0.2) is 4.99 Å². The summed E-state index contributed by atoms with van der Waals surface area (Å²) in [5, 5.41) is 15.9. The normalized spacial score (nSPS) is 13.4. The summed E-state index contributed by atoms with van der Waals surface area (Å²) in [5.41, 5.74) is 16.3. The van der Waals surface area contributed by atoms with Gasteiger partial charge in [0.05, 0.1) is 6.04 Å². The minimum atomic E-state index is -1.22. The molecular weight excluding hydrogens is 434 g/mol. The molecule has 0 aliphatic rings. The zero-order valence-electron chi connectivity index (χ0n) is 16.8.